The van der Waals surface area contributed by atoms with Crippen molar-refractivity contribution in [2.45, 2.75) is 19.5 Å². The number of rotatable bonds is 5. The molecule has 4 rings (SSSR count). The lowest BCUT2D eigenvalue weighted by Crippen LogP contribution is -2.18. The monoisotopic (exact) mass is 330 g/mol. The van der Waals surface area contributed by atoms with Crippen LogP contribution in [-0.4, -0.2) is 12.1 Å². The Kier molecular flexibility index (Phi) is 4.16. The van der Waals surface area contributed by atoms with Crippen LogP contribution in [0.1, 0.15) is 24.2 Å². The van der Waals surface area contributed by atoms with Gasteiger partial charge in [0.15, 0.2) is 0 Å². The Balaban J connectivity index is 1.56. The Labute approximate surface area is 147 Å². The predicted octanol–water partition coefficient (Wildman–Crippen LogP) is 5.18. The van der Waals surface area contributed by atoms with Gasteiger partial charge in [-0.1, -0.05) is 48.5 Å². The molecule has 0 spiro atoms. The van der Waals surface area contributed by atoms with Gasteiger partial charge in [-0.3, -0.25) is 0 Å². The van der Waals surface area contributed by atoms with Crippen molar-refractivity contribution in [3.8, 4) is 5.75 Å². The average molecular weight is 330 g/mol. The van der Waals surface area contributed by atoms with Crippen molar-refractivity contribution in [2.24, 2.45) is 0 Å². The first-order chi connectivity index (χ1) is 12.3. The molecule has 4 aromatic rings. The zero-order valence-corrected chi connectivity index (χ0v) is 14.5. The number of methoxy groups -OCH3 is 1. The molecule has 0 aliphatic carbocycles. The lowest BCUT2D eigenvalue weighted by Gasteiger charge is -2.16. The number of hydrogen-bond acceptors (Lipinski definition) is 2. The normalized spacial score (nSPS) is 12.6. The van der Waals surface area contributed by atoms with E-state index in [0.29, 0.717) is 0 Å². The summed E-state index contributed by atoms with van der Waals surface area (Å²) < 4.78 is 5.44. The second kappa shape index (κ2) is 6.61. The third-order valence-electron chi connectivity index (χ3n) is 4.79. The van der Waals surface area contributed by atoms with Gasteiger partial charge in [0.05, 0.1) is 7.11 Å². The molecule has 3 nitrogen and oxygen atoms in total. The van der Waals surface area contributed by atoms with Gasteiger partial charge in [-0.25, -0.2) is 0 Å². The van der Waals surface area contributed by atoms with E-state index < -0.39 is 0 Å². The zero-order chi connectivity index (χ0) is 17.2. The fourth-order valence-electron chi connectivity index (χ4n) is 3.46. The van der Waals surface area contributed by atoms with Crippen molar-refractivity contribution in [2.75, 3.05) is 7.11 Å². The van der Waals surface area contributed by atoms with E-state index >= 15 is 0 Å². The zero-order valence-electron chi connectivity index (χ0n) is 14.5. The Morgan fingerprint density at radius 2 is 1.76 bits per heavy atom. The number of hydrogen-bond donors (Lipinski definition) is 2. The molecule has 3 aromatic carbocycles. The molecule has 0 saturated heterocycles. The summed E-state index contributed by atoms with van der Waals surface area (Å²) >= 11 is 0. The minimum absolute atomic E-state index is 0.263. The van der Waals surface area contributed by atoms with Crippen molar-refractivity contribution in [3.63, 3.8) is 0 Å². The van der Waals surface area contributed by atoms with Gasteiger partial charge in [0.2, 0.25) is 0 Å². The summed E-state index contributed by atoms with van der Waals surface area (Å²) in [7, 11) is 1.71. The number of fused-ring (bicyclic) bond motifs is 2. The van der Waals surface area contributed by atoms with E-state index in [-0.39, 0.29) is 6.04 Å². The third kappa shape index (κ3) is 2.99. The van der Waals surface area contributed by atoms with E-state index in [1.54, 1.807) is 7.11 Å². The highest BCUT2D eigenvalue weighted by Crippen LogP contribution is 2.27. The number of aromatic amines is 1. The fraction of sp³-hybridized carbons (Fsp3) is 0.182. The van der Waals surface area contributed by atoms with E-state index in [2.05, 4.69) is 71.8 Å². The third-order valence-corrected chi connectivity index (χ3v) is 4.79. The highest BCUT2D eigenvalue weighted by atomic mass is 16.5. The molecule has 1 unspecified atom stereocenters. The molecule has 3 heteroatoms. The van der Waals surface area contributed by atoms with Gasteiger partial charge in [-0.2, -0.15) is 0 Å². The number of H-pyrrole nitrogens is 1. The molecular formula is C22H22N2O. The molecule has 0 bridgehead atoms. The molecule has 0 amide bonds. The van der Waals surface area contributed by atoms with Crippen molar-refractivity contribution in [3.05, 3.63) is 78.0 Å². The van der Waals surface area contributed by atoms with Crippen molar-refractivity contribution >= 4 is 21.7 Å². The maximum Gasteiger partial charge on any atom is 0.128 e. The molecule has 0 aliphatic rings. The maximum absolute atomic E-state index is 5.44. The summed E-state index contributed by atoms with van der Waals surface area (Å²) in [5.74, 6) is 0.905. The van der Waals surface area contributed by atoms with Crippen LogP contribution in [0.4, 0.5) is 0 Å². The Hall–Kier alpha value is -2.78. The molecule has 0 saturated carbocycles. The van der Waals surface area contributed by atoms with E-state index in [9.17, 15) is 0 Å². The molecule has 0 aliphatic heterocycles. The van der Waals surface area contributed by atoms with Crippen molar-refractivity contribution in [1.29, 1.82) is 0 Å². The van der Waals surface area contributed by atoms with E-state index in [1.807, 2.05) is 12.1 Å². The second-order valence-electron chi connectivity index (χ2n) is 6.39. The molecule has 1 atom stereocenters. The molecular weight excluding hydrogens is 308 g/mol. The van der Waals surface area contributed by atoms with E-state index in [1.165, 1.54) is 16.3 Å². The summed E-state index contributed by atoms with van der Waals surface area (Å²) in [4.78, 5) is 3.47. The quantitative estimate of drug-likeness (QED) is 0.529. The summed E-state index contributed by atoms with van der Waals surface area (Å²) in [5, 5.41) is 7.35. The first-order valence-electron chi connectivity index (χ1n) is 8.62. The Morgan fingerprint density at radius 1 is 0.960 bits per heavy atom. The van der Waals surface area contributed by atoms with Crippen molar-refractivity contribution in [1.82, 2.24) is 10.3 Å². The van der Waals surface area contributed by atoms with E-state index in [4.69, 9.17) is 4.74 Å². The minimum atomic E-state index is 0.263. The van der Waals surface area contributed by atoms with Gasteiger partial charge in [-0.05, 0) is 41.5 Å². The summed E-state index contributed by atoms with van der Waals surface area (Å²) in [6.07, 6.45) is 0. The average Bonchev–Trinajstić information content (AvgIpc) is 3.08. The Bertz CT molecular complexity index is 1010. The number of aromatic nitrogens is 1. The van der Waals surface area contributed by atoms with Crippen LogP contribution in [-0.2, 0) is 6.54 Å². The van der Waals surface area contributed by atoms with Gasteiger partial charge in [0.1, 0.15) is 5.75 Å². The molecule has 1 aromatic heterocycles. The van der Waals surface area contributed by atoms with Gasteiger partial charge < -0.3 is 15.0 Å². The van der Waals surface area contributed by atoms with Gasteiger partial charge in [0.25, 0.3) is 0 Å². The van der Waals surface area contributed by atoms with Crippen LogP contribution in [0.3, 0.4) is 0 Å². The maximum atomic E-state index is 5.44. The van der Waals surface area contributed by atoms with E-state index in [0.717, 1.165) is 28.9 Å². The van der Waals surface area contributed by atoms with Crippen LogP contribution in [0.25, 0.3) is 21.7 Å². The topological polar surface area (TPSA) is 37.0 Å². The fourth-order valence-corrected chi connectivity index (χ4v) is 3.46. The lowest BCUT2D eigenvalue weighted by molar-refractivity contribution is 0.420. The standard InChI is InChI=1S/C22H22N2O/c1-15(18-10-5-8-16-7-3-4-9-19(16)18)23-14-17-13-20-21(24-17)11-6-12-22(20)25-2/h3-13,15,23-24H,14H2,1-2H3. The SMILES string of the molecule is COc1cccc2[nH]c(CNC(C)c3cccc4ccccc34)cc12. The Morgan fingerprint density at radius 3 is 2.64 bits per heavy atom. The van der Waals surface area contributed by atoms with Crippen LogP contribution in [0.15, 0.2) is 66.7 Å². The molecule has 2 N–H and O–H groups in total. The molecule has 0 radical (unpaired) electrons. The molecule has 1 heterocycles. The first-order valence-corrected chi connectivity index (χ1v) is 8.62. The van der Waals surface area contributed by atoms with Gasteiger partial charge in [0, 0.05) is 29.2 Å². The van der Waals surface area contributed by atoms with Gasteiger partial charge in [-0.15, -0.1) is 0 Å². The highest BCUT2D eigenvalue weighted by molar-refractivity contribution is 5.87. The minimum Gasteiger partial charge on any atom is -0.496 e. The highest BCUT2D eigenvalue weighted by Gasteiger charge is 2.10. The second-order valence-corrected chi connectivity index (χ2v) is 6.39. The smallest absolute Gasteiger partial charge is 0.128 e. The van der Waals surface area contributed by atoms with Crippen LogP contribution >= 0.6 is 0 Å². The van der Waals surface area contributed by atoms with Crippen molar-refractivity contribution < 1.29 is 4.74 Å². The summed E-state index contributed by atoms with van der Waals surface area (Å²) in [6, 6.07) is 23.5. The lowest BCUT2D eigenvalue weighted by atomic mass is 10.00. The largest absolute Gasteiger partial charge is 0.496 e. The molecule has 0 fully saturated rings. The predicted molar refractivity (Wildman–Crippen MR) is 104 cm³/mol. The van der Waals surface area contributed by atoms with Crippen LogP contribution in [0.5, 0.6) is 5.75 Å². The van der Waals surface area contributed by atoms with Crippen LogP contribution in [0, 0.1) is 0 Å². The molecule has 126 valence electrons. The van der Waals surface area contributed by atoms with Crippen LogP contribution < -0.4 is 10.1 Å². The van der Waals surface area contributed by atoms with Gasteiger partial charge >= 0.3 is 0 Å². The molecule has 25 heavy (non-hydrogen) atoms. The number of nitrogens with one attached hydrogen (secondary N) is 2. The first kappa shape index (κ1) is 15.7. The number of ether oxygens (including phenoxy) is 1. The summed E-state index contributed by atoms with van der Waals surface area (Å²) in [6.45, 7) is 2.99. The summed E-state index contributed by atoms with van der Waals surface area (Å²) in [5.41, 5.74) is 3.59. The number of benzene rings is 3. The van der Waals surface area contributed by atoms with Crippen LogP contribution in [0.2, 0.25) is 0 Å².